The largest absolute Gasteiger partial charge is 0.465 e. The first-order valence-electron chi connectivity index (χ1n) is 9.02. The molecule has 8 heteroatoms. The Morgan fingerprint density at radius 1 is 1.14 bits per heavy atom. The van der Waals surface area contributed by atoms with Gasteiger partial charge >= 0.3 is 0 Å². The molecule has 1 aromatic rings. The summed E-state index contributed by atoms with van der Waals surface area (Å²) in [5, 5.41) is 7.82. The number of amides is 1. The zero-order valence-corrected chi connectivity index (χ0v) is 15.2. The van der Waals surface area contributed by atoms with Crippen LogP contribution in [0.5, 0.6) is 5.75 Å². The van der Waals surface area contributed by atoms with Gasteiger partial charge < -0.3 is 14.4 Å². The van der Waals surface area contributed by atoms with Gasteiger partial charge in [-0.3, -0.25) is 4.79 Å². The van der Waals surface area contributed by atoms with Crippen LogP contribution in [0.4, 0.5) is 0 Å². The van der Waals surface area contributed by atoms with Gasteiger partial charge in [0.25, 0.3) is 5.91 Å². The van der Waals surface area contributed by atoms with E-state index in [1.807, 2.05) is 41.3 Å². The normalized spacial score (nSPS) is 21.0. The number of amidine groups is 1. The molecule has 0 saturated heterocycles. The van der Waals surface area contributed by atoms with E-state index in [9.17, 15) is 4.79 Å². The first kappa shape index (κ1) is 17.1. The third kappa shape index (κ3) is 3.20. The fourth-order valence-corrected chi connectivity index (χ4v) is 3.23. The number of azo groups is 1. The van der Waals surface area contributed by atoms with Crippen LogP contribution in [-0.4, -0.2) is 22.9 Å². The molecule has 142 valence electrons. The monoisotopic (exact) mass is 385 g/mol. The Kier molecular flexibility index (Phi) is 4.21. The smallest absolute Gasteiger partial charge is 0.282 e. The van der Waals surface area contributed by atoms with Gasteiger partial charge in [0.2, 0.25) is 0 Å². The molecule has 0 aromatic heterocycles. The molecule has 5 rings (SSSR count). The first-order chi connectivity index (χ1) is 14.3. The third-order valence-electron chi connectivity index (χ3n) is 4.62. The number of hydrogen-bond acceptors (Lipinski definition) is 7. The van der Waals surface area contributed by atoms with Gasteiger partial charge in [0.15, 0.2) is 11.7 Å². The second-order valence-corrected chi connectivity index (χ2v) is 6.43. The van der Waals surface area contributed by atoms with E-state index < -0.39 is 5.91 Å². The van der Waals surface area contributed by atoms with Gasteiger partial charge in [-0.1, -0.05) is 24.3 Å². The standard InChI is InChI=1S/C21H15N5O3/c27-21-15-11-23-25-20(15)24-19-13-29-18-8-3-6-16(18)26(19)12-14-5-1-2-7-17(14)28-10-4-9-22-21/h1-7,9-11,13H,8,12H2/b10-4-,22-9?,24-20?. The fraction of sp³-hybridized carbons (Fsp3) is 0.0952. The summed E-state index contributed by atoms with van der Waals surface area (Å²) in [6.45, 7) is 0.497. The molecule has 0 fully saturated rings. The minimum absolute atomic E-state index is 0.198. The number of fused-ring (bicyclic) bond motifs is 4. The highest BCUT2D eigenvalue weighted by Crippen LogP contribution is 2.35. The summed E-state index contributed by atoms with van der Waals surface area (Å²) in [4.78, 5) is 22.8. The number of nitrogens with zero attached hydrogens (tertiary/aromatic N) is 5. The molecule has 0 unspecified atom stereocenters. The van der Waals surface area contributed by atoms with Crippen LogP contribution in [0.1, 0.15) is 12.0 Å². The van der Waals surface area contributed by atoms with E-state index >= 15 is 0 Å². The zero-order chi connectivity index (χ0) is 19.6. The van der Waals surface area contributed by atoms with Crippen molar-refractivity contribution in [1.29, 1.82) is 0 Å². The van der Waals surface area contributed by atoms with E-state index in [4.69, 9.17) is 9.47 Å². The van der Waals surface area contributed by atoms with E-state index in [0.717, 1.165) is 17.0 Å². The predicted molar refractivity (Wildman–Crippen MR) is 106 cm³/mol. The molecule has 29 heavy (non-hydrogen) atoms. The Bertz CT molecular complexity index is 1130. The van der Waals surface area contributed by atoms with Crippen molar-refractivity contribution in [2.75, 3.05) is 0 Å². The van der Waals surface area contributed by atoms with Crippen molar-refractivity contribution < 1.29 is 14.3 Å². The molecule has 1 aromatic carbocycles. The maximum atomic E-state index is 12.4. The van der Waals surface area contributed by atoms with Crippen LogP contribution >= 0.6 is 0 Å². The predicted octanol–water partition coefficient (Wildman–Crippen LogP) is 3.74. The Morgan fingerprint density at radius 3 is 3.03 bits per heavy atom. The average Bonchev–Trinajstić information content (AvgIpc) is 3.39. The summed E-state index contributed by atoms with van der Waals surface area (Å²) >= 11 is 0. The number of carbonyl (C=O) groups is 1. The summed E-state index contributed by atoms with van der Waals surface area (Å²) in [5.41, 5.74) is 2.09. The highest BCUT2D eigenvalue weighted by atomic mass is 16.5. The van der Waals surface area contributed by atoms with Gasteiger partial charge in [0.1, 0.15) is 23.3 Å². The van der Waals surface area contributed by atoms with Crippen LogP contribution < -0.4 is 4.74 Å². The second kappa shape index (κ2) is 7.16. The zero-order valence-electron chi connectivity index (χ0n) is 15.2. The van der Waals surface area contributed by atoms with Gasteiger partial charge in [0.05, 0.1) is 24.7 Å². The van der Waals surface area contributed by atoms with Crippen molar-refractivity contribution in [1.82, 2.24) is 4.90 Å². The third-order valence-corrected chi connectivity index (χ3v) is 4.62. The van der Waals surface area contributed by atoms with E-state index in [2.05, 4.69) is 20.2 Å². The molecule has 8 nitrogen and oxygen atoms in total. The van der Waals surface area contributed by atoms with E-state index in [0.29, 0.717) is 24.5 Å². The molecule has 0 radical (unpaired) electrons. The molecular weight excluding hydrogens is 370 g/mol. The second-order valence-electron chi connectivity index (χ2n) is 6.43. The lowest BCUT2D eigenvalue weighted by Gasteiger charge is -2.29. The molecule has 1 amide bonds. The minimum Gasteiger partial charge on any atom is -0.465 e. The van der Waals surface area contributed by atoms with Crippen molar-refractivity contribution in [3.8, 4) is 5.75 Å². The van der Waals surface area contributed by atoms with Crippen molar-refractivity contribution in [2.24, 2.45) is 20.2 Å². The van der Waals surface area contributed by atoms with Crippen molar-refractivity contribution in [3.63, 3.8) is 0 Å². The van der Waals surface area contributed by atoms with Crippen LogP contribution in [0.25, 0.3) is 0 Å². The van der Waals surface area contributed by atoms with Crippen LogP contribution in [0.2, 0.25) is 0 Å². The maximum absolute atomic E-state index is 12.4. The van der Waals surface area contributed by atoms with Crippen LogP contribution in [-0.2, 0) is 16.1 Å². The molecule has 3 aliphatic heterocycles. The van der Waals surface area contributed by atoms with Crippen LogP contribution in [0.15, 0.2) is 104 Å². The van der Waals surface area contributed by atoms with Crippen LogP contribution in [0, 0.1) is 0 Å². The van der Waals surface area contributed by atoms with E-state index in [1.54, 1.807) is 12.3 Å². The molecule has 1 aliphatic carbocycles. The van der Waals surface area contributed by atoms with Gasteiger partial charge in [-0.2, -0.15) is 5.11 Å². The highest BCUT2D eigenvalue weighted by Gasteiger charge is 2.28. The van der Waals surface area contributed by atoms with Crippen LogP contribution in [0.3, 0.4) is 0 Å². The molecule has 0 spiro atoms. The summed E-state index contributed by atoms with van der Waals surface area (Å²) in [7, 11) is 0. The number of benzene rings is 1. The Balaban J connectivity index is 1.62. The van der Waals surface area contributed by atoms with Gasteiger partial charge in [0, 0.05) is 18.2 Å². The SMILES string of the molecule is O=C1N=C/C=C\Oc2ccccc2CN2C(=COC3=C2C=CC3)N=C2N=NC=C12. The molecule has 0 bridgehead atoms. The number of carbonyl (C=O) groups excluding carboxylic acids is 1. The number of allylic oxidation sites excluding steroid dienone is 3. The lowest BCUT2D eigenvalue weighted by atomic mass is 10.1. The average molecular weight is 385 g/mol. The van der Waals surface area contributed by atoms with Crippen molar-refractivity contribution >= 4 is 18.0 Å². The first-order valence-corrected chi connectivity index (χ1v) is 9.02. The van der Waals surface area contributed by atoms with Crippen molar-refractivity contribution in [3.05, 3.63) is 89.6 Å². The molecule has 4 aliphatic rings. The Hall–Kier alpha value is -4.07. The fourth-order valence-electron chi connectivity index (χ4n) is 3.23. The number of rotatable bonds is 0. The molecular formula is C21H15N5O3. The summed E-state index contributed by atoms with van der Waals surface area (Å²) < 4.78 is 11.5. The number of aliphatic imine (C=N–C) groups is 2. The topological polar surface area (TPSA) is 88.2 Å². The number of hydrogen-bond donors (Lipinski definition) is 0. The molecule has 3 heterocycles. The quantitative estimate of drug-likeness (QED) is 0.681. The molecule has 0 N–H and O–H groups in total. The maximum Gasteiger partial charge on any atom is 0.282 e. The molecule has 0 saturated carbocycles. The molecule has 0 atom stereocenters. The van der Waals surface area contributed by atoms with Gasteiger partial charge in [-0.25, -0.2) is 9.98 Å². The number of ether oxygens (including phenoxy) is 2. The summed E-state index contributed by atoms with van der Waals surface area (Å²) in [5.74, 6) is 1.77. The minimum atomic E-state index is -0.486. The van der Waals surface area contributed by atoms with Gasteiger partial charge in [-0.15, -0.1) is 5.11 Å². The number of para-hydroxylation sites is 1. The van der Waals surface area contributed by atoms with Crippen molar-refractivity contribution in [2.45, 2.75) is 13.0 Å². The lowest BCUT2D eigenvalue weighted by Crippen LogP contribution is -2.25. The van der Waals surface area contributed by atoms with E-state index in [1.165, 1.54) is 18.7 Å². The summed E-state index contributed by atoms with van der Waals surface area (Å²) in [6.07, 6.45) is 12.1. The Morgan fingerprint density at radius 2 is 2.07 bits per heavy atom. The highest BCUT2D eigenvalue weighted by molar-refractivity contribution is 6.23. The summed E-state index contributed by atoms with van der Waals surface area (Å²) in [6, 6.07) is 7.73. The van der Waals surface area contributed by atoms with E-state index in [-0.39, 0.29) is 11.4 Å². The van der Waals surface area contributed by atoms with Gasteiger partial charge in [-0.05, 0) is 18.2 Å². The lowest BCUT2D eigenvalue weighted by molar-refractivity contribution is -0.113. The Labute approximate surface area is 166 Å².